The van der Waals surface area contributed by atoms with Crippen LogP contribution < -0.4 is 10.1 Å². The van der Waals surface area contributed by atoms with Crippen LogP contribution in [-0.4, -0.2) is 7.11 Å². The lowest BCUT2D eigenvalue weighted by molar-refractivity contribution is 0.410. The van der Waals surface area contributed by atoms with Crippen molar-refractivity contribution in [3.63, 3.8) is 0 Å². The van der Waals surface area contributed by atoms with Crippen molar-refractivity contribution in [3.8, 4) is 5.75 Å². The van der Waals surface area contributed by atoms with Gasteiger partial charge in [-0.15, -0.1) is 0 Å². The van der Waals surface area contributed by atoms with E-state index >= 15 is 0 Å². The normalized spacial score (nSPS) is 10.2. The van der Waals surface area contributed by atoms with Gasteiger partial charge >= 0.3 is 0 Å². The summed E-state index contributed by atoms with van der Waals surface area (Å²) in [5, 5.41) is 3.49. The van der Waals surface area contributed by atoms with Gasteiger partial charge in [-0.3, -0.25) is 0 Å². The smallest absolute Gasteiger partial charge is 0.123 e. The molecule has 0 unspecified atom stereocenters. The van der Waals surface area contributed by atoms with Gasteiger partial charge in [-0.2, -0.15) is 0 Å². The average Bonchev–Trinajstić information content (AvgIpc) is 2.38. The molecule has 2 aromatic carbocycles. The van der Waals surface area contributed by atoms with Gasteiger partial charge in [0.2, 0.25) is 0 Å². The van der Waals surface area contributed by atoms with Crippen LogP contribution in [0.25, 0.3) is 0 Å². The summed E-state index contributed by atoms with van der Waals surface area (Å²) in [6, 6.07) is 14.4. The van der Waals surface area contributed by atoms with E-state index in [1.54, 1.807) is 7.11 Å². The molecule has 0 amide bonds. The van der Waals surface area contributed by atoms with Crippen LogP contribution in [-0.2, 0) is 6.54 Å². The summed E-state index contributed by atoms with van der Waals surface area (Å²) in [5.41, 5.74) is 4.92. The molecule has 1 N–H and O–H groups in total. The Bertz CT molecular complexity index is 514. The molecular formula is C16H19NO. The molecule has 0 radical (unpaired) electrons. The lowest BCUT2D eigenvalue weighted by atomic mass is 10.1. The Kier molecular flexibility index (Phi) is 3.88. The van der Waals surface area contributed by atoms with Gasteiger partial charge in [-0.05, 0) is 31.0 Å². The van der Waals surface area contributed by atoms with E-state index in [9.17, 15) is 0 Å². The van der Waals surface area contributed by atoms with Crippen LogP contribution in [0.4, 0.5) is 5.69 Å². The van der Waals surface area contributed by atoms with E-state index in [1.807, 2.05) is 18.2 Å². The SMILES string of the molecule is COc1ccccc1CNc1c(C)cccc1C. The number of para-hydroxylation sites is 2. The van der Waals surface area contributed by atoms with E-state index in [0.717, 1.165) is 12.3 Å². The first kappa shape index (κ1) is 12.5. The number of ether oxygens (including phenoxy) is 1. The summed E-state index contributed by atoms with van der Waals surface area (Å²) in [4.78, 5) is 0. The Hall–Kier alpha value is -1.96. The first-order valence-electron chi connectivity index (χ1n) is 6.14. The molecule has 0 aromatic heterocycles. The quantitative estimate of drug-likeness (QED) is 0.875. The number of anilines is 1. The minimum atomic E-state index is 0.774. The maximum Gasteiger partial charge on any atom is 0.123 e. The predicted octanol–water partition coefficient (Wildman–Crippen LogP) is 3.92. The molecule has 0 spiro atoms. The van der Waals surface area contributed by atoms with Crippen LogP contribution in [0.5, 0.6) is 5.75 Å². The van der Waals surface area contributed by atoms with Crippen LogP contribution >= 0.6 is 0 Å². The molecule has 0 fully saturated rings. The molecule has 0 aliphatic carbocycles. The molecule has 2 aromatic rings. The van der Waals surface area contributed by atoms with E-state index in [-0.39, 0.29) is 0 Å². The van der Waals surface area contributed by atoms with Gasteiger partial charge in [0.05, 0.1) is 7.11 Å². The van der Waals surface area contributed by atoms with Crippen LogP contribution in [0.1, 0.15) is 16.7 Å². The van der Waals surface area contributed by atoms with Crippen LogP contribution in [0.2, 0.25) is 0 Å². The first-order chi connectivity index (χ1) is 8.72. The monoisotopic (exact) mass is 241 g/mol. The Morgan fingerprint density at radius 1 is 0.944 bits per heavy atom. The Balaban J connectivity index is 2.16. The van der Waals surface area contributed by atoms with Gasteiger partial charge in [-0.1, -0.05) is 36.4 Å². The second kappa shape index (κ2) is 5.58. The van der Waals surface area contributed by atoms with Gasteiger partial charge in [0.15, 0.2) is 0 Å². The van der Waals surface area contributed by atoms with Crippen molar-refractivity contribution in [3.05, 3.63) is 59.2 Å². The molecule has 18 heavy (non-hydrogen) atoms. The Morgan fingerprint density at radius 2 is 1.61 bits per heavy atom. The summed E-state index contributed by atoms with van der Waals surface area (Å²) in [5.74, 6) is 0.927. The fourth-order valence-corrected chi connectivity index (χ4v) is 2.13. The van der Waals surface area contributed by atoms with Gasteiger partial charge in [0, 0.05) is 17.8 Å². The minimum absolute atomic E-state index is 0.774. The van der Waals surface area contributed by atoms with Crippen molar-refractivity contribution in [2.75, 3.05) is 12.4 Å². The van der Waals surface area contributed by atoms with E-state index in [0.29, 0.717) is 0 Å². The average molecular weight is 241 g/mol. The number of aryl methyl sites for hydroxylation is 2. The molecule has 2 heteroatoms. The van der Waals surface area contributed by atoms with Crippen molar-refractivity contribution < 1.29 is 4.74 Å². The summed E-state index contributed by atoms with van der Waals surface area (Å²) in [7, 11) is 1.71. The first-order valence-corrected chi connectivity index (χ1v) is 6.14. The third-order valence-corrected chi connectivity index (χ3v) is 3.13. The van der Waals surface area contributed by atoms with E-state index < -0.39 is 0 Å². The maximum absolute atomic E-state index is 5.35. The minimum Gasteiger partial charge on any atom is -0.496 e. The van der Waals surface area contributed by atoms with Gasteiger partial charge in [-0.25, -0.2) is 0 Å². The number of hydrogen-bond acceptors (Lipinski definition) is 2. The summed E-state index contributed by atoms with van der Waals surface area (Å²) in [6.45, 7) is 5.02. The lowest BCUT2D eigenvalue weighted by Gasteiger charge is -2.14. The number of hydrogen-bond donors (Lipinski definition) is 1. The molecule has 0 bridgehead atoms. The molecular weight excluding hydrogens is 222 g/mol. The summed E-state index contributed by atoms with van der Waals surface area (Å²) >= 11 is 0. The fourth-order valence-electron chi connectivity index (χ4n) is 2.13. The molecule has 0 aliphatic heterocycles. The zero-order chi connectivity index (χ0) is 13.0. The number of nitrogens with one attached hydrogen (secondary N) is 1. The van der Waals surface area contributed by atoms with Gasteiger partial charge in [0.1, 0.15) is 5.75 Å². The fraction of sp³-hybridized carbons (Fsp3) is 0.250. The van der Waals surface area contributed by atoms with Crippen LogP contribution in [0.15, 0.2) is 42.5 Å². The Morgan fingerprint density at radius 3 is 2.28 bits per heavy atom. The lowest BCUT2D eigenvalue weighted by Crippen LogP contribution is -2.04. The van der Waals surface area contributed by atoms with Crippen molar-refractivity contribution >= 4 is 5.69 Å². The van der Waals surface area contributed by atoms with E-state index in [1.165, 1.54) is 22.4 Å². The number of methoxy groups -OCH3 is 1. The third kappa shape index (κ3) is 2.65. The molecule has 94 valence electrons. The molecule has 0 saturated carbocycles. The molecule has 2 nitrogen and oxygen atoms in total. The molecule has 0 saturated heterocycles. The molecule has 0 atom stereocenters. The van der Waals surface area contributed by atoms with Crippen molar-refractivity contribution in [2.24, 2.45) is 0 Å². The number of rotatable bonds is 4. The third-order valence-electron chi connectivity index (χ3n) is 3.13. The highest BCUT2D eigenvalue weighted by molar-refractivity contribution is 5.57. The topological polar surface area (TPSA) is 21.3 Å². The summed E-state index contributed by atoms with van der Waals surface area (Å²) in [6.07, 6.45) is 0. The second-order valence-electron chi connectivity index (χ2n) is 4.43. The zero-order valence-electron chi connectivity index (χ0n) is 11.2. The second-order valence-corrected chi connectivity index (χ2v) is 4.43. The van der Waals surface area contributed by atoms with E-state index in [4.69, 9.17) is 4.74 Å². The van der Waals surface area contributed by atoms with E-state index in [2.05, 4.69) is 43.4 Å². The highest BCUT2D eigenvalue weighted by Crippen LogP contribution is 2.23. The standard InChI is InChI=1S/C16H19NO/c1-12-7-6-8-13(2)16(12)17-11-14-9-4-5-10-15(14)18-3/h4-10,17H,11H2,1-3H3. The van der Waals surface area contributed by atoms with Crippen molar-refractivity contribution in [1.29, 1.82) is 0 Å². The molecule has 0 aliphatic rings. The van der Waals surface area contributed by atoms with Crippen molar-refractivity contribution in [2.45, 2.75) is 20.4 Å². The maximum atomic E-state index is 5.35. The van der Waals surface area contributed by atoms with Crippen LogP contribution in [0.3, 0.4) is 0 Å². The molecule has 2 rings (SSSR count). The largest absolute Gasteiger partial charge is 0.496 e. The molecule has 0 heterocycles. The van der Waals surface area contributed by atoms with Crippen molar-refractivity contribution in [1.82, 2.24) is 0 Å². The van der Waals surface area contributed by atoms with Crippen LogP contribution in [0, 0.1) is 13.8 Å². The van der Waals surface area contributed by atoms with Gasteiger partial charge < -0.3 is 10.1 Å². The zero-order valence-corrected chi connectivity index (χ0v) is 11.2. The predicted molar refractivity (Wildman–Crippen MR) is 76.2 cm³/mol. The number of benzene rings is 2. The van der Waals surface area contributed by atoms with Gasteiger partial charge in [0.25, 0.3) is 0 Å². The summed E-state index contributed by atoms with van der Waals surface area (Å²) < 4.78 is 5.35. The highest BCUT2D eigenvalue weighted by Gasteiger charge is 2.04. The highest BCUT2D eigenvalue weighted by atomic mass is 16.5. The Labute approximate surface area is 109 Å².